The lowest BCUT2D eigenvalue weighted by Gasteiger charge is -2.07. The van der Waals surface area contributed by atoms with Crippen molar-refractivity contribution in [2.45, 2.75) is 199 Å². The summed E-state index contributed by atoms with van der Waals surface area (Å²) in [4.78, 5) is 130. The molecule has 700 valence electrons. The molecular weight excluding hydrogens is 1720 g/mol. The Bertz CT molecular complexity index is 7010. The van der Waals surface area contributed by atoms with E-state index in [1.807, 2.05) is 106 Å². The van der Waals surface area contributed by atoms with Crippen molar-refractivity contribution >= 4 is 148 Å². The molecule has 0 amide bonds. The Balaban J connectivity index is 0.000000143. The van der Waals surface area contributed by atoms with Crippen LogP contribution in [0.1, 0.15) is 210 Å². The molecule has 0 saturated heterocycles. The van der Waals surface area contributed by atoms with Crippen molar-refractivity contribution in [1.82, 2.24) is 201 Å². The molecule has 20 rings (SSSR count). The topological polar surface area (TPSA) is 725 Å². The molecule has 0 aliphatic carbocycles. The van der Waals surface area contributed by atoms with E-state index >= 15 is 0 Å². The van der Waals surface area contributed by atoms with Gasteiger partial charge in [-0.1, -0.05) is 44.5 Å². The summed E-state index contributed by atoms with van der Waals surface area (Å²) < 4.78 is 23.1. The van der Waals surface area contributed by atoms with Crippen molar-refractivity contribution in [1.29, 1.82) is 0 Å². The van der Waals surface area contributed by atoms with E-state index in [1.165, 1.54) is 38.0 Å². The number of imidazole rings is 6. The minimum absolute atomic E-state index is 0.0756. The lowest BCUT2D eigenvalue weighted by molar-refractivity contribution is 0.504. The van der Waals surface area contributed by atoms with E-state index in [9.17, 15) is 14.4 Å². The molecule has 53 nitrogen and oxygen atoms in total. The highest BCUT2D eigenvalue weighted by Crippen LogP contribution is 2.27. The van der Waals surface area contributed by atoms with E-state index in [4.69, 9.17) is 57.0 Å². The fourth-order valence-corrected chi connectivity index (χ4v) is 12.6. The van der Waals surface area contributed by atoms with Crippen molar-refractivity contribution in [2.75, 3.05) is 45.9 Å². The Hall–Kier alpha value is -17.4. The molecule has 0 atom stereocenters. The maximum atomic E-state index is 11.4. The molecule has 0 spiro atoms. The van der Waals surface area contributed by atoms with Crippen LogP contribution in [-0.4, -0.2) is 201 Å². The number of H-pyrrole nitrogens is 3. The molecule has 0 saturated carbocycles. The molecule has 0 aliphatic heterocycles. The summed E-state index contributed by atoms with van der Waals surface area (Å²) in [5.74, 6) is 3.43. The summed E-state index contributed by atoms with van der Waals surface area (Å²) in [5, 5.41) is 24.5. The highest BCUT2D eigenvalue weighted by molar-refractivity contribution is 5.86. The van der Waals surface area contributed by atoms with Crippen LogP contribution in [0.4, 0.5) is 47.1 Å². The van der Waals surface area contributed by atoms with Crippen molar-refractivity contribution in [2.24, 2.45) is 0 Å². The zero-order valence-corrected chi connectivity index (χ0v) is 77.4. The number of nitrogens with one attached hydrogen (secondary N) is 3. The van der Waals surface area contributed by atoms with Gasteiger partial charge in [0.25, 0.3) is 22.6 Å². The number of rotatable bonds is 11. The Morgan fingerprint density at radius 3 is 1.43 bits per heavy atom. The molecule has 20 heterocycles. The van der Waals surface area contributed by atoms with E-state index in [0.29, 0.717) is 121 Å². The SMILES string of the molecule is C#COc1nc(N)nc2c1ncn2C(C)C.CC(C)c1cnc2c(N)ncnn12.CC(C)c1cnn2c(N)ncnc12.CC(C)n1ccc2c(N)ncnc21.CC(C)n1cnc2c(=O)[nH]c(N)nc21.CC(C)n1cnc2c(=O)[nH]cnc21.CC(C)n1cnc2c(N)ncnc21.CC(C)n1cnc2cncnc21.CC(C)n1nnc2c(=O)[nH]c(N)nc21.CC(C)n1nnc2c(N)ncnc21. The van der Waals surface area contributed by atoms with Crippen LogP contribution in [-0.2, 0) is 0 Å². The Kier molecular flexibility index (Phi) is 31.0. The normalized spacial score (nSPS) is 11.2. The van der Waals surface area contributed by atoms with Gasteiger partial charge in [0.15, 0.2) is 95.9 Å². The van der Waals surface area contributed by atoms with Crippen LogP contribution in [0.2, 0.25) is 0 Å². The molecule has 20 aromatic rings. The number of aromatic amines is 3. The van der Waals surface area contributed by atoms with Gasteiger partial charge in [0.05, 0.1) is 79.7 Å². The fraction of sp³-hybridized carbons (Fsp3) is 0.370. The second-order valence-corrected chi connectivity index (χ2v) is 32.3. The summed E-state index contributed by atoms with van der Waals surface area (Å²) in [7, 11) is 0. The average Bonchev–Trinajstić information content (AvgIpc) is 1.63. The monoisotopic (exact) mass is 1830 g/mol. The molecule has 0 fully saturated rings. The Labute approximate surface area is 762 Å². The van der Waals surface area contributed by atoms with Gasteiger partial charge in [-0.05, 0) is 129 Å². The predicted octanol–water partition coefficient (Wildman–Crippen LogP) is 7.66. The van der Waals surface area contributed by atoms with Crippen molar-refractivity contribution in [3.63, 3.8) is 0 Å². The number of anilines is 8. The van der Waals surface area contributed by atoms with Gasteiger partial charge >= 0.3 is 0 Å². The van der Waals surface area contributed by atoms with E-state index in [2.05, 4.69) is 229 Å². The summed E-state index contributed by atoms with van der Waals surface area (Å²) in [6.45, 7) is 40.8. The zero-order chi connectivity index (χ0) is 97.4. The molecule has 0 aromatic carbocycles. The van der Waals surface area contributed by atoms with Gasteiger partial charge in [-0.3, -0.25) is 24.4 Å². The highest BCUT2D eigenvalue weighted by atomic mass is 16.5. The highest BCUT2D eigenvalue weighted by Gasteiger charge is 2.20. The molecule has 53 heteroatoms. The molecule has 134 heavy (non-hydrogen) atoms. The predicted molar refractivity (Wildman–Crippen MR) is 506 cm³/mol. The fourth-order valence-electron chi connectivity index (χ4n) is 12.6. The number of nitrogens with two attached hydrogens (primary N) is 8. The van der Waals surface area contributed by atoms with Crippen molar-refractivity contribution < 1.29 is 4.74 Å². The van der Waals surface area contributed by atoms with E-state index in [-0.39, 0.29) is 76.1 Å². The van der Waals surface area contributed by atoms with Gasteiger partial charge in [0.2, 0.25) is 23.8 Å². The second-order valence-electron chi connectivity index (χ2n) is 32.3. The lowest BCUT2D eigenvalue weighted by Crippen LogP contribution is -2.12. The molecule has 0 aliphatic rings. The van der Waals surface area contributed by atoms with Crippen LogP contribution in [0.3, 0.4) is 0 Å². The van der Waals surface area contributed by atoms with Crippen LogP contribution in [0, 0.1) is 12.5 Å². The first kappa shape index (κ1) is 97.2. The van der Waals surface area contributed by atoms with Crippen LogP contribution < -0.4 is 67.3 Å². The first-order chi connectivity index (χ1) is 63.8. The largest absolute Gasteiger partial charge is 0.385 e. The number of nitrogens with zero attached hydrogens (tertiary/aromatic N) is 38. The van der Waals surface area contributed by atoms with Gasteiger partial charge in [-0.25, -0.2) is 104 Å². The smallest absolute Gasteiger partial charge is 0.282 e. The Morgan fingerprint density at radius 1 is 0.366 bits per heavy atom. The quantitative estimate of drug-likeness (QED) is 0.0553. The number of hydrogen-bond donors (Lipinski definition) is 11. The van der Waals surface area contributed by atoms with Crippen molar-refractivity contribution in [3.8, 4) is 18.4 Å². The van der Waals surface area contributed by atoms with Gasteiger partial charge in [0, 0.05) is 48.0 Å². The van der Waals surface area contributed by atoms with Crippen LogP contribution in [0.5, 0.6) is 5.88 Å². The van der Waals surface area contributed by atoms with E-state index in [0.717, 1.165) is 44.7 Å². The number of hydrogen-bond acceptors (Lipinski definition) is 40. The van der Waals surface area contributed by atoms with Crippen LogP contribution in [0.25, 0.3) is 100 Å². The minimum atomic E-state index is -0.362. The minimum Gasteiger partial charge on any atom is -0.385 e. The number of nitrogen functional groups attached to an aromatic ring is 8. The Morgan fingerprint density at radius 2 is 0.843 bits per heavy atom. The summed E-state index contributed by atoms with van der Waals surface area (Å²) in [6, 6.07) is 4.07. The number of fused-ring (bicyclic) bond motifs is 10. The third kappa shape index (κ3) is 22.1. The van der Waals surface area contributed by atoms with Crippen LogP contribution >= 0.6 is 0 Å². The molecule has 20 aromatic heterocycles. The first-order valence-electron chi connectivity index (χ1n) is 42.0. The average molecular weight is 1830 g/mol. The summed E-state index contributed by atoms with van der Waals surface area (Å²) >= 11 is 0. The lowest BCUT2D eigenvalue weighted by atomic mass is 10.1. The third-order valence-corrected chi connectivity index (χ3v) is 19.4. The maximum Gasteiger partial charge on any atom is 0.282 e. The summed E-state index contributed by atoms with van der Waals surface area (Å²) in [6.07, 6.45) is 33.0. The second kappa shape index (κ2) is 42.7. The molecule has 0 bridgehead atoms. The zero-order valence-electron chi connectivity index (χ0n) is 77.4. The molecule has 0 unspecified atom stereocenters. The van der Waals surface area contributed by atoms with Crippen LogP contribution in [0.15, 0.2) is 121 Å². The molecule has 19 N–H and O–H groups in total. The number of aromatic nitrogens is 41. The van der Waals surface area contributed by atoms with Gasteiger partial charge < -0.3 is 83.0 Å². The summed E-state index contributed by atoms with van der Waals surface area (Å²) in [5.41, 5.74) is 56.4. The maximum absolute atomic E-state index is 11.4. The number of ether oxygens (including phenoxy) is 1. The van der Waals surface area contributed by atoms with Gasteiger partial charge in [-0.15, -0.1) is 10.2 Å². The van der Waals surface area contributed by atoms with E-state index in [1.54, 1.807) is 79.5 Å². The number of terminal acetylenes is 1. The van der Waals surface area contributed by atoms with E-state index < -0.39 is 0 Å². The van der Waals surface area contributed by atoms with Gasteiger partial charge in [-0.2, -0.15) is 34.6 Å². The third-order valence-electron chi connectivity index (χ3n) is 19.4. The molecular formula is C81H107N49O4. The van der Waals surface area contributed by atoms with Gasteiger partial charge in [0.1, 0.15) is 66.6 Å². The molecule has 0 radical (unpaired) electrons. The first-order valence-corrected chi connectivity index (χ1v) is 42.0. The van der Waals surface area contributed by atoms with Crippen molar-refractivity contribution in [3.05, 3.63) is 149 Å². The standard InChI is InChI=1S/C10H11N5O.C9H12N4.C8H11N5O.3C8H11N5.C8H10N4O.C8H10N4.C7H10N6O.C7H10N6/c1-4-16-9-7-8(13-10(11)14-9)15(5-12-7)6(2)3;1-6(2)13-4-3-7-8(10)11-5-12-9(7)13;1-4(2)13-3-10-5-6(13)11-8(9)12-7(5)14;1-5(2)13-4-12-6-7(9)10-3-11-8(6)13;1-5(2)6-3-10-8-7(9)11-4-12-13(6)8;1-5(2)6-3-12-13-7(6)10-4-11-8(13)9;1-5(2)12-4-11-6-7(12)9-3-10-8(6)13;1-6(2)12-5-11-7-3-9-4-10-8(7)12;1-3(2)13-5-4(11-12-13)6(14)10-7(8)9-5;1-4(2)13-7-5(11-12-13)6(8)9-3-10-7/h1,5-6H,2-3H3,(H2,11,13,14);3-6H,1-2H3,(H2,10,11,12);3-4H,1-2H3,(H3,9,11,12,14);3-5H,1-2H3,(H2,9,10,11);3-5H,1-2H3,(H2,9,11,12);3-5H,1-2H3,(H2,9,10,11);3-5H,1-2H3,(H,9,10,13);3-6H,1-2H3;3H,1-2H3,(H3,8,9,10,14);3-4H,1-2H3,(H2,8,9,10).